The molecule has 0 aliphatic heterocycles. The Balaban J connectivity index is 2.21. The van der Waals surface area contributed by atoms with Crippen LogP contribution in [-0.4, -0.2) is 27.1 Å². The fraction of sp³-hybridized carbons (Fsp3) is 0.278. The van der Waals surface area contributed by atoms with Crippen LogP contribution in [0, 0.1) is 0 Å². The summed E-state index contributed by atoms with van der Waals surface area (Å²) in [7, 11) is -3.61. The highest BCUT2D eigenvalue weighted by Gasteiger charge is 2.21. The van der Waals surface area contributed by atoms with Gasteiger partial charge >= 0.3 is 0 Å². The van der Waals surface area contributed by atoms with Crippen molar-refractivity contribution in [2.24, 2.45) is 0 Å². The SMILES string of the molecule is CC(C)c1ccc(N(CC(=O)Nc2ccccc2Cl)S(C)(=O)=O)cc1. The standard InChI is InChI=1S/C18H21ClN2O3S/c1-13(2)14-8-10-15(11-9-14)21(25(3,23)24)12-18(22)20-17-7-5-4-6-16(17)19/h4-11,13H,12H2,1-3H3,(H,20,22). The van der Waals surface area contributed by atoms with Crippen molar-refractivity contribution in [1.82, 2.24) is 0 Å². The molecule has 0 saturated carbocycles. The lowest BCUT2D eigenvalue weighted by Crippen LogP contribution is -2.37. The Bertz CT molecular complexity index is 849. The third-order valence-corrected chi connectivity index (χ3v) is 5.15. The van der Waals surface area contributed by atoms with Gasteiger partial charge in [0.25, 0.3) is 0 Å². The number of halogens is 1. The number of rotatable bonds is 6. The Hall–Kier alpha value is -2.05. The first kappa shape index (κ1) is 19.3. The van der Waals surface area contributed by atoms with E-state index in [1.165, 1.54) is 0 Å². The Morgan fingerprint density at radius 1 is 1.12 bits per heavy atom. The van der Waals surface area contributed by atoms with E-state index in [1.54, 1.807) is 36.4 Å². The normalized spacial score (nSPS) is 11.4. The highest BCUT2D eigenvalue weighted by atomic mass is 35.5. The Morgan fingerprint density at radius 3 is 2.24 bits per heavy atom. The van der Waals surface area contributed by atoms with Gasteiger partial charge in [-0.15, -0.1) is 0 Å². The molecule has 0 radical (unpaired) electrons. The lowest BCUT2D eigenvalue weighted by atomic mass is 10.0. The molecule has 1 N–H and O–H groups in total. The van der Waals surface area contributed by atoms with Crippen LogP contribution in [0.25, 0.3) is 0 Å². The molecule has 0 bridgehead atoms. The van der Waals surface area contributed by atoms with Crippen molar-refractivity contribution in [3.05, 3.63) is 59.1 Å². The number of carbonyl (C=O) groups excluding carboxylic acids is 1. The fourth-order valence-corrected chi connectivity index (χ4v) is 3.35. The Labute approximate surface area is 153 Å². The maximum atomic E-state index is 12.3. The van der Waals surface area contributed by atoms with Crippen LogP contribution >= 0.6 is 11.6 Å². The summed E-state index contributed by atoms with van der Waals surface area (Å²) in [6.07, 6.45) is 1.08. The van der Waals surface area contributed by atoms with Gasteiger partial charge in [0.2, 0.25) is 15.9 Å². The number of nitrogens with one attached hydrogen (secondary N) is 1. The molecule has 0 atom stereocenters. The van der Waals surface area contributed by atoms with E-state index in [1.807, 2.05) is 12.1 Å². The first-order valence-corrected chi connectivity index (χ1v) is 10.0. The molecule has 2 rings (SSSR count). The third-order valence-electron chi connectivity index (χ3n) is 3.68. The third kappa shape index (κ3) is 5.21. The van der Waals surface area contributed by atoms with Crippen LogP contribution in [-0.2, 0) is 14.8 Å². The molecule has 0 aliphatic rings. The molecule has 134 valence electrons. The first-order chi connectivity index (χ1) is 11.7. The Morgan fingerprint density at radius 2 is 1.72 bits per heavy atom. The number of anilines is 2. The van der Waals surface area contributed by atoms with Crippen LogP contribution in [0.15, 0.2) is 48.5 Å². The molecule has 25 heavy (non-hydrogen) atoms. The molecular formula is C18H21ClN2O3S. The van der Waals surface area contributed by atoms with Gasteiger partial charge in [-0.3, -0.25) is 9.10 Å². The molecule has 2 aromatic rings. The van der Waals surface area contributed by atoms with Crippen LogP contribution in [0.1, 0.15) is 25.3 Å². The first-order valence-electron chi connectivity index (χ1n) is 7.80. The van der Waals surface area contributed by atoms with E-state index in [0.29, 0.717) is 22.3 Å². The van der Waals surface area contributed by atoms with Gasteiger partial charge in [0.05, 0.1) is 22.7 Å². The summed E-state index contributed by atoms with van der Waals surface area (Å²) in [5.74, 6) is -0.129. The molecule has 0 unspecified atom stereocenters. The maximum absolute atomic E-state index is 12.3. The quantitative estimate of drug-likeness (QED) is 0.827. The van der Waals surface area contributed by atoms with Gasteiger partial charge in [-0.1, -0.05) is 49.7 Å². The minimum atomic E-state index is -3.61. The van der Waals surface area contributed by atoms with Crippen molar-refractivity contribution in [3.8, 4) is 0 Å². The number of benzene rings is 2. The second kappa shape index (κ2) is 7.89. The summed E-state index contributed by atoms with van der Waals surface area (Å²) in [5.41, 5.74) is 1.98. The van der Waals surface area contributed by atoms with E-state index in [-0.39, 0.29) is 6.54 Å². The van der Waals surface area contributed by atoms with Gasteiger partial charge in [0.15, 0.2) is 0 Å². The summed E-state index contributed by atoms with van der Waals surface area (Å²) < 4.78 is 25.3. The van der Waals surface area contributed by atoms with E-state index in [4.69, 9.17) is 11.6 Å². The second-order valence-corrected chi connectivity index (χ2v) is 8.36. The van der Waals surface area contributed by atoms with Crippen LogP contribution in [0.4, 0.5) is 11.4 Å². The number of sulfonamides is 1. The molecule has 0 spiro atoms. The van der Waals surface area contributed by atoms with Crippen LogP contribution < -0.4 is 9.62 Å². The molecule has 0 aliphatic carbocycles. The monoisotopic (exact) mass is 380 g/mol. The van der Waals surface area contributed by atoms with E-state index < -0.39 is 15.9 Å². The van der Waals surface area contributed by atoms with E-state index in [9.17, 15) is 13.2 Å². The Kier molecular flexibility index (Phi) is 6.08. The average molecular weight is 381 g/mol. The zero-order valence-electron chi connectivity index (χ0n) is 14.4. The molecule has 1 amide bonds. The highest BCUT2D eigenvalue weighted by molar-refractivity contribution is 7.92. The molecule has 0 heterocycles. The predicted octanol–water partition coefficient (Wildman–Crippen LogP) is 3.87. The molecule has 7 heteroatoms. The van der Waals surface area contributed by atoms with Crippen molar-refractivity contribution >= 4 is 38.9 Å². The van der Waals surface area contributed by atoms with Gasteiger partial charge in [0, 0.05) is 0 Å². The number of hydrogen-bond acceptors (Lipinski definition) is 3. The van der Waals surface area contributed by atoms with Gasteiger partial charge in [-0.25, -0.2) is 8.42 Å². The average Bonchev–Trinajstić information content (AvgIpc) is 2.54. The van der Waals surface area contributed by atoms with E-state index >= 15 is 0 Å². The largest absolute Gasteiger partial charge is 0.323 e. The minimum absolute atomic E-state index is 0.328. The van der Waals surface area contributed by atoms with Crippen molar-refractivity contribution in [2.75, 3.05) is 22.4 Å². The summed E-state index contributed by atoms with van der Waals surface area (Å²) in [4.78, 5) is 12.3. The fourth-order valence-electron chi connectivity index (χ4n) is 2.31. The summed E-state index contributed by atoms with van der Waals surface area (Å²) in [6, 6.07) is 13.9. The van der Waals surface area contributed by atoms with Crippen LogP contribution in [0.2, 0.25) is 5.02 Å². The number of amides is 1. The van der Waals surface area contributed by atoms with Crippen LogP contribution in [0.5, 0.6) is 0 Å². The number of carbonyl (C=O) groups is 1. The highest BCUT2D eigenvalue weighted by Crippen LogP contribution is 2.23. The smallest absolute Gasteiger partial charge is 0.245 e. The van der Waals surface area contributed by atoms with Crippen LogP contribution in [0.3, 0.4) is 0 Å². The lowest BCUT2D eigenvalue weighted by Gasteiger charge is -2.22. The number of hydrogen-bond donors (Lipinski definition) is 1. The second-order valence-electron chi connectivity index (χ2n) is 6.04. The van der Waals surface area contributed by atoms with Gasteiger partial charge in [0.1, 0.15) is 6.54 Å². The van der Waals surface area contributed by atoms with E-state index in [2.05, 4.69) is 19.2 Å². The van der Waals surface area contributed by atoms with Crippen molar-refractivity contribution in [2.45, 2.75) is 19.8 Å². The molecule has 0 aromatic heterocycles. The van der Waals surface area contributed by atoms with Crippen molar-refractivity contribution in [1.29, 1.82) is 0 Å². The van der Waals surface area contributed by atoms with Gasteiger partial charge in [-0.05, 0) is 35.7 Å². The zero-order valence-corrected chi connectivity index (χ0v) is 15.9. The van der Waals surface area contributed by atoms with Crippen molar-refractivity contribution < 1.29 is 13.2 Å². The van der Waals surface area contributed by atoms with Gasteiger partial charge in [-0.2, -0.15) is 0 Å². The minimum Gasteiger partial charge on any atom is -0.323 e. The molecule has 5 nitrogen and oxygen atoms in total. The van der Waals surface area contributed by atoms with Crippen molar-refractivity contribution in [3.63, 3.8) is 0 Å². The van der Waals surface area contributed by atoms with Gasteiger partial charge < -0.3 is 5.32 Å². The molecular weight excluding hydrogens is 360 g/mol. The summed E-state index contributed by atoms with van der Waals surface area (Å²) >= 11 is 6.01. The zero-order chi connectivity index (χ0) is 18.6. The lowest BCUT2D eigenvalue weighted by molar-refractivity contribution is -0.114. The number of nitrogens with zero attached hydrogens (tertiary/aromatic N) is 1. The summed E-state index contributed by atoms with van der Waals surface area (Å²) in [5, 5.41) is 3.03. The van der Waals surface area contributed by atoms with E-state index in [0.717, 1.165) is 16.1 Å². The predicted molar refractivity (Wildman–Crippen MR) is 103 cm³/mol. The topological polar surface area (TPSA) is 66.5 Å². The molecule has 0 fully saturated rings. The summed E-state index contributed by atoms with van der Waals surface area (Å²) in [6.45, 7) is 3.78. The molecule has 2 aromatic carbocycles. The molecule has 0 saturated heterocycles. The maximum Gasteiger partial charge on any atom is 0.245 e. The number of para-hydroxylation sites is 1.